The van der Waals surface area contributed by atoms with Crippen LogP contribution in [0.1, 0.15) is 56.2 Å². The first-order valence-corrected chi connectivity index (χ1v) is 21.3. The van der Waals surface area contributed by atoms with Crippen LogP contribution in [0, 0.1) is 12.7 Å². The van der Waals surface area contributed by atoms with Gasteiger partial charge in [0.05, 0.1) is 24.4 Å². The summed E-state index contributed by atoms with van der Waals surface area (Å²) >= 11 is 0. The number of pyridine rings is 2. The summed E-state index contributed by atoms with van der Waals surface area (Å²) in [6.07, 6.45) is 5.46. The number of hydrogen-bond donors (Lipinski definition) is 2. The minimum atomic E-state index is -0.662. The number of carbonyl (C=O) groups is 4. The molecule has 0 spiro atoms. The molecule has 1 atom stereocenters. The van der Waals surface area contributed by atoms with Crippen molar-refractivity contribution < 1.29 is 33.0 Å². The van der Waals surface area contributed by atoms with Crippen LogP contribution in [0.4, 0.5) is 32.3 Å². The van der Waals surface area contributed by atoms with Crippen LogP contribution >= 0.6 is 0 Å². The molecule has 326 valence electrons. The molecule has 0 bridgehead atoms. The number of nitrogens with one attached hydrogen (secondary N) is 2. The van der Waals surface area contributed by atoms with Crippen LogP contribution in [0.2, 0.25) is 0 Å². The number of ether oxygens (including phenoxy) is 2. The quantitative estimate of drug-likeness (QED) is 0.187. The van der Waals surface area contributed by atoms with Gasteiger partial charge >= 0.3 is 6.09 Å². The van der Waals surface area contributed by atoms with Crippen LogP contribution in [-0.2, 0) is 25.5 Å². The van der Waals surface area contributed by atoms with E-state index in [0.29, 0.717) is 73.5 Å². The number of carbonyl (C=O) groups excluding carboxylic acids is 4. The standard InChI is InChI=1S/C46H49FN10O6/c1-27-35(24-49-43-41(27)57(17-18-62-43)45(61)63-46(2,3)4)28-5-6-31-23-50-44(52-37(31)19-28)51-32-9-7-29(36(47)21-32)20-40(59)55-15-13-54(14-16-55)33-25-56(26-33)38-11-8-30(22-48-38)34-10-12-39(58)53-42(34)60/h5-9,11,19,21-24,33-34H,10,12-18,20,25-26H2,1-4H3,(H,50,51,52)(H,53,58,60). The van der Waals surface area contributed by atoms with Gasteiger partial charge in [0, 0.05) is 87.0 Å². The van der Waals surface area contributed by atoms with Crippen molar-refractivity contribution in [3.8, 4) is 17.0 Å². The third-order valence-corrected chi connectivity index (χ3v) is 12.0. The maximum atomic E-state index is 15.5. The zero-order valence-corrected chi connectivity index (χ0v) is 35.7. The summed E-state index contributed by atoms with van der Waals surface area (Å²) in [5.74, 6) is 0.0197. The monoisotopic (exact) mass is 856 g/mol. The first kappa shape index (κ1) is 41.6. The van der Waals surface area contributed by atoms with Crippen molar-refractivity contribution in [2.75, 3.05) is 67.5 Å². The number of hydrogen-bond acceptors (Lipinski definition) is 13. The fourth-order valence-corrected chi connectivity index (χ4v) is 8.56. The van der Waals surface area contributed by atoms with Crippen molar-refractivity contribution in [3.63, 3.8) is 0 Å². The van der Waals surface area contributed by atoms with E-state index in [2.05, 4.69) is 35.4 Å². The summed E-state index contributed by atoms with van der Waals surface area (Å²) in [5, 5.41) is 6.31. The smallest absolute Gasteiger partial charge is 0.415 e. The van der Waals surface area contributed by atoms with Gasteiger partial charge in [-0.3, -0.25) is 29.5 Å². The van der Waals surface area contributed by atoms with Crippen LogP contribution < -0.4 is 25.2 Å². The molecule has 7 heterocycles. The molecule has 4 amide bonds. The summed E-state index contributed by atoms with van der Waals surface area (Å²) in [5.41, 5.74) is 4.56. The van der Waals surface area contributed by atoms with E-state index in [4.69, 9.17) is 14.5 Å². The van der Waals surface area contributed by atoms with Crippen molar-refractivity contribution in [3.05, 3.63) is 89.6 Å². The highest BCUT2D eigenvalue weighted by Gasteiger charge is 2.36. The molecule has 0 aliphatic carbocycles. The second-order valence-electron chi connectivity index (χ2n) is 17.4. The summed E-state index contributed by atoms with van der Waals surface area (Å²) < 4.78 is 27.0. The van der Waals surface area contributed by atoms with E-state index in [1.54, 1.807) is 40.5 Å². The zero-order chi connectivity index (χ0) is 44.0. The lowest BCUT2D eigenvalue weighted by molar-refractivity contribution is -0.134. The van der Waals surface area contributed by atoms with Crippen molar-refractivity contribution in [1.29, 1.82) is 0 Å². The van der Waals surface area contributed by atoms with Crippen molar-refractivity contribution in [2.24, 2.45) is 0 Å². The number of imide groups is 1. The first-order chi connectivity index (χ1) is 30.3. The van der Waals surface area contributed by atoms with Crippen LogP contribution in [0.15, 0.2) is 67.1 Å². The topological polar surface area (TPSA) is 175 Å². The molecule has 2 aromatic carbocycles. The number of halogens is 1. The van der Waals surface area contributed by atoms with Crippen LogP contribution in [0.3, 0.4) is 0 Å². The number of anilines is 4. The Morgan fingerprint density at radius 3 is 2.49 bits per heavy atom. The molecule has 9 rings (SSSR count). The second kappa shape index (κ2) is 16.8. The fourth-order valence-electron chi connectivity index (χ4n) is 8.56. The van der Waals surface area contributed by atoms with Crippen molar-refractivity contribution >= 4 is 57.9 Å². The van der Waals surface area contributed by atoms with E-state index in [0.717, 1.165) is 59.6 Å². The van der Waals surface area contributed by atoms with Crippen LogP contribution in [-0.4, -0.2) is 118 Å². The van der Waals surface area contributed by atoms with E-state index in [-0.39, 0.29) is 36.0 Å². The Labute approximate surface area is 363 Å². The zero-order valence-electron chi connectivity index (χ0n) is 35.7. The third kappa shape index (κ3) is 8.82. The number of benzene rings is 2. The van der Waals surface area contributed by atoms with Crippen LogP contribution in [0.5, 0.6) is 5.88 Å². The highest BCUT2D eigenvalue weighted by molar-refractivity contribution is 6.01. The molecule has 16 nitrogen and oxygen atoms in total. The van der Waals surface area contributed by atoms with Crippen LogP contribution in [0.25, 0.3) is 22.0 Å². The van der Waals surface area contributed by atoms with Gasteiger partial charge in [-0.25, -0.2) is 29.1 Å². The molecule has 0 saturated carbocycles. The Bertz CT molecular complexity index is 2610. The number of nitrogens with zero attached hydrogens (tertiary/aromatic N) is 8. The molecule has 1 unspecified atom stereocenters. The van der Waals surface area contributed by atoms with Crippen molar-refractivity contribution in [1.82, 2.24) is 35.1 Å². The molecule has 5 aromatic rings. The highest BCUT2D eigenvalue weighted by atomic mass is 19.1. The van der Waals surface area contributed by atoms with E-state index >= 15 is 4.39 Å². The van der Waals surface area contributed by atoms with E-state index < -0.39 is 17.5 Å². The minimum absolute atomic E-state index is 0.0440. The SMILES string of the molecule is Cc1c(-c2ccc3cnc(Nc4ccc(CC(=O)N5CCN(C6CN(c7ccc(C8CCC(=O)NC8=O)cn7)C6)CC5)c(F)c4)nc3c2)cnc2c1N(C(=O)OC(C)(C)C)CCO2. The molecule has 2 N–H and O–H groups in total. The Kier molecular flexibility index (Phi) is 11.1. The third-order valence-electron chi connectivity index (χ3n) is 12.0. The fraction of sp³-hybridized carbons (Fsp3) is 0.391. The molecule has 0 radical (unpaired) electrons. The molecule has 3 fully saturated rings. The maximum Gasteiger partial charge on any atom is 0.415 e. The van der Waals surface area contributed by atoms with Gasteiger partial charge in [0.25, 0.3) is 0 Å². The molecular weight excluding hydrogens is 808 g/mol. The van der Waals surface area contributed by atoms with E-state index in [9.17, 15) is 19.2 Å². The predicted molar refractivity (Wildman–Crippen MR) is 233 cm³/mol. The molecular formula is C46H49FN10O6. The number of piperazine rings is 1. The van der Waals surface area contributed by atoms with E-state index in [1.165, 1.54) is 6.07 Å². The highest BCUT2D eigenvalue weighted by Crippen LogP contribution is 2.40. The van der Waals surface area contributed by atoms with Crippen molar-refractivity contribution in [2.45, 2.75) is 64.5 Å². The molecule has 17 heteroatoms. The van der Waals surface area contributed by atoms with Gasteiger partial charge in [-0.2, -0.15) is 0 Å². The predicted octanol–water partition coefficient (Wildman–Crippen LogP) is 5.51. The lowest BCUT2D eigenvalue weighted by atomic mass is 9.91. The lowest BCUT2D eigenvalue weighted by Crippen LogP contribution is -2.63. The number of amides is 4. The number of fused-ring (bicyclic) bond motifs is 2. The summed E-state index contributed by atoms with van der Waals surface area (Å²) in [4.78, 5) is 76.5. The average Bonchev–Trinajstić information content (AvgIpc) is 3.24. The Hall–Kier alpha value is -6.75. The lowest BCUT2D eigenvalue weighted by Gasteiger charge is -2.48. The second-order valence-corrected chi connectivity index (χ2v) is 17.4. The van der Waals surface area contributed by atoms with Gasteiger partial charge in [-0.05, 0) is 80.6 Å². The Balaban J connectivity index is 0.783. The molecule has 4 aliphatic rings. The minimum Gasteiger partial charge on any atom is -0.474 e. The molecule has 63 heavy (non-hydrogen) atoms. The van der Waals surface area contributed by atoms with Gasteiger partial charge in [0.15, 0.2) is 0 Å². The van der Waals surface area contributed by atoms with Gasteiger partial charge in [-0.1, -0.05) is 24.3 Å². The summed E-state index contributed by atoms with van der Waals surface area (Å²) in [6, 6.07) is 14.7. The normalized spacial score (nSPS) is 18.4. The van der Waals surface area contributed by atoms with Gasteiger partial charge in [0.1, 0.15) is 29.5 Å². The first-order valence-electron chi connectivity index (χ1n) is 21.3. The average molecular weight is 857 g/mol. The largest absolute Gasteiger partial charge is 0.474 e. The van der Waals surface area contributed by atoms with Gasteiger partial charge in [-0.15, -0.1) is 0 Å². The number of piperidine rings is 1. The molecule has 3 saturated heterocycles. The number of aromatic nitrogens is 4. The molecule has 3 aromatic heterocycles. The molecule has 4 aliphatic heterocycles. The summed E-state index contributed by atoms with van der Waals surface area (Å²) in [7, 11) is 0. The maximum absolute atomic E-state index is 15.5. The Morgan fingerprint density at radius 1 is 0.952 bits per heavy atom. The Morgan fingerprint density at radius 2 is 1.76 bits per heavy atom. The summed E-state index contributed by atoms with van der Waals surface area (Å²) in [6.45, 7) is 12.3. The van der Waals surface area contributed by atoms with E-state index in [1.807, 2.05) is 58.0 Å². The number of rotatable bonds is 8. The van der Waals surface area contributed by atoms with Gasteiger partial charge < -0.3 is 24.6 Å². The van der Waals surface area contributed by atoms with Gasteiger partial charge in [0.2, 0.25) is 29.5 Å².